The molecule has 0 heterocycles. The van der Waals surface area contributed by atoms with Crippen LogP contribution in [0.25, 0.3) is 0 Å². The van der Waals surface area contributed by atoms with E-state index in [9.17, 15) is 0 Å². The second-order valence-corrected chi connectivity index (χ2v) is 5.58. The average molecular weight is 465 g/mol. The molecule has 1 aromatic rings. The van der Waals surface area contributed by atoms with Gasteiger partial charge in [0, 0.05) is 27.3 Å². The minimum absolute atomic E-state index is 0. The molecule has 0 saturated carbocycles. The Labute approximate surface area is 168 Å². The predicted octanol–water partition coefficient (Wildman–Crippen LogP) is 2.60. The average Bonchev–Trinajstić information content (AvgIpc) is 2.58. The quantitative estimate of drug-likeness (QED) is 0.228. The van der Waals surface area contributed by atoms with Gasteiger partial charge < -0.3 is 24.8 Å². The van der Waals surface area contributed by atoms with Gasteiger partial charge in [-0.25, -0.2) is 0 Å². The van der Waals surface area contributed by atoms with E-state index >= 15 is 0 Å². The van der Waals surface area contributed by atoms with Crippen molar-refractivity contribution >= 4 is 29.9 Å². The smallest absolute Gasteiger partial charge is 0.191 e. The molecule has 0 aliphatic carbocycles. The Hall–Kier alpha value is -1.06. The van der Waals surface area contributed by atoms with E-state index in [0.29, 0.717) is 26.4 Å². The lowest BCUT2D eigenvalue weighted by Gasteiger charge is -2.18. The maximum atomic E-state index is 5.87. The number of methoxy groups -OCH3 is 1. The summed E-state index contributed by atoms with van der Waals surface area (Å²) in [5.41, 5.74) is 1.23. The second kappa shape index (κ2) is 15.2. The number of hydrogen-bond acceptors (Lipinski definition) is 4. The molecule has 0 amide bonds. The number of nitrogens with zero attached hydrogens (tertiary/aromatic N) is 1. The van der Waals surface area contributed by atoms with E-state index < -0.39 is 0 Å². The fraction of sp³-hybridized carbons (Fsp3) is 0.611. The SMILES string of the molecule is CN=C(NCCCOCCOC)NCC(C)Oc1ccc(C)cc1.I. The first kappa shape index (κ1) is 23.9. The van der Waals surface area contributed by atoms with Gasteiger partial charge in [-0.3, -0.25) is 4.99 Å². The number of hydrogen-bond donors (Lipinski definition) is 2. The number of aliphatic imine (C=N–C) groups is 1. The Balaban J connectivity index is 0.00000576. The zero-order chi connectivity index (χ0) is 17.6. The highest BCUT2D eigenvalue weighted by Gasteiger charge is 2.05. The van der Waals surface area contributed by atoms with E-state index in [1.807, 2.05) is 31.2 Å². The summed E-state index contributed by atoms with van der Waals surface area (Å²) < 4.78 is 16.2. The Kier molecular flexibility index (Phi) is 14.6. The molecular weight excluding hydrogens is 433 g/mol. The van der Waals surface area contributed by atoms with E-state index in [4.69, 9.17) is 14.2 Å². The van der Waals surface area contributed by atoms with E-state index in [0.717, 1.165) is 24.7 Å². The summed E-state index contributed by atoms with van der Waals surface area (Å²) in [4.78, 5) is 4.20. The highest BCUT2D eigenvalue weighted by atomic mass is 127. The lowest BCUT2D eigenvalue weighted by atomic mass is 10.2. The minimum Gasteiger partial charge on any atom is -0.489 e. The number of guanidine groups is 1. The molecule has 1 atom stereocenters. The first-order valence-electron chi connectivity index (χ1n) is 8.40. The molecule has 25 heavy (non-hydrogen) atoms. The van der Waals surface area contributed by atoms with Gasteiger partial charge in [-0.1, -0.05) is 17.7 Å². The number of halogens is 1. The van der Waals surface area contributed by atoms with Crippen molar-refractivity contribution in [2.45, 2.75) is 26.4 Å². The van der Waals surface area contributed by atoms with Crippen molar-refractivity contribution in [3.63, 3.8) is 0 Å². The van der Waals surface area contributed by atoms with Gasteiger partial charge >= 0.3 is 0 Å². The summed E-state index contributed by atoms with van der Waals surface area (Å²) in [6.45, 7) is 7.56. The van der Waals surface area contributed by atoms with Crippen molar-refractivity contribution in [2.75, 3.05) is 47.1 Å². The van der Waals surface area contributed by atoms with Crippen LogP contribution in [0.2, 0.25) is 0 Å². The lowest BCUT2D eigenvalue weighted by molar-refractivity contribution is 0.0698. The van der Waals surface area contributed by atoms with Crippen LogP contribution < -0.4 is 15.4 Å². The van der Waals surface area contributed by atoms with Crippen LogP contribution in [-0.2, 0) is 9.47 Å². The topological polar surface area (TPSA) is 64.1 Å². The molecule has 0 bridgehead atoms. The lowest BCUT2D eigenvalue weighted by Crippen LogP contribution is -2.42. The summed E-state index contributed by atoms with van der Waals surface area (Å²) in [6, 6.07) is 8.07. The van der Waals surface area contributed by atoms with Crippen molar-refractivity contribution < 1.29 is 14.2 Å². The number of nitrogens with one attached hydrogen (secondary N) is 2. The maximum Gasteiger partial charge on any atom is 0.191 e. The fourth-order valence-corrected chi connectivity index (χ4v) is 1.98. The minimum atomic E-state index is 0. The van der Waals surface area contributed by atoms with Crippen LogP contribution >= 0.6 is 24.0 Å². The summed E-state index contributed by atoms with van der Waals surface area (Å²) in [6.07, 6.45) is 0.962. The van der Waals surface area contributed by atoms with Gasteiger partial charge in [0.15, 0.2) is 5.96 Å². The Morgan fingerprint density at radius 2 is 1.84 bits per heavy atom. The van der Waals surface area contributed by atoms with Crippen molar-refractivity contribution in [1.82, 2.24) is 10.6 Å². The maximum absolute atomic E-state index is 5.87. The van der Waals surface area contributed by atoms with Crippen LogP contribution in [0.4, 0.5) is 0 Å². The third-order valence-corrected chi connectivity index (χ3v) is 3.33. The Morgan fingerprint density at radius 3 is 2.48 bits per heavy atom. The zero-order valence-corrected chi connectivity index (χ0v) is 18.0. The molecule has 0 aliphatic rings. The largest absolute Gasteiger partial charge is 0.489 e. The van der Waals surface area contributed by atoms with Crippen LogP contribution in [0.3, 0.4) is 0 Å². The van der Waals surface area contributed by atoms with Gasteiger partial charge in [0.1, 0.15) is 11.9 Å². The van der Waals surface area contributed by atoms with Crippen LogP contribution in [0.5, 0.6) is 5.75 Å². The third kappa shape index (κ3) is 12.0. The molecule has 7 heteroatoms. The first-order chi connectivity index (χ1) is 11.7. The molecule has 6 nitrogen and oxygen atoms in total. The molecule has 1 aromatic carbocycles. The van der Waals surface area contributed by atoms with E-state index in [2.05, 4.69) is 22.5 Å². The van der Waals surface area contributed by atoms with Gasteiger partial charge in [0.25, 0.3) is 0 Å². The summed E-state index contributed by atoms with van der Waals surface area (Å²) in [5.74, 6) is 1.65. The number of benzene rings is 1. The molecule has 0 spiro atoms. The second-order valence-electron chi connectivity index (χ2n) is 5.58. The number of ether oxygens (including phenoxy) is 3. The molecule has 144 valence electrons. The molecule has 0 aromatic heterocycles. The van der Waals surface area contributed by atoms with Crippen LogP contribution in [0, 0.1) is 6.92 Å². The Bertz CT molecular complexity index is 469. The third-order valence-electron chi connectivity index (χ3n) is 3.33. The number of aryl methyl sites for hydroxylation is 1. The van der Waals surface area contributed by atoms with Gasteiger partial charge in [0.2, 0.25) is 0 Å². The molecular formula is C18H32IN3O3. The van der Waals surface area contributed by atoms with Gasteiger partial charge in [-0.15, -0.1) is 24.0 Å². The van der Waals surface area contributed by atoms with E-state index in [1.54, 1.807) is 14.2 Å². The van der Waals surface area contributed by atoms with Crippen molar-refractivity contribution in [1.29, 1.82) is 0 Å². The molecule has 1 rings (SSSR count). The highest BCUT2D eigenvalue weighted by Crippen LogP contribution is 2.12. The Morgan fingerprint density at radius 1 is 1.12 bits per heavy atom. The van der Waals surface area contributed by atoms with Crippen LogP contribution in [0.1, 0.15) is 18.9 Å². The summed E-state index contributed by atoms with van der Waals surface area (Å²) in [5, 5.41) is 6.52. The van der Waals surface area contributed by atoms with E-state index in [-0.39, 0.29) is 30.1 Å². The summed E-state index contributed by atoms with van der Waals surface area (Å²) >= 11 is 0. The van der Waals surface area contributed by atoms with Gasteiger partial charge in [-0.05, 0) is 32.4 Å². The van der Waals surface area contributed by atoms with Crippen LogP contribution in [-0.4, -0.2) is 59.1 Å². The summed E-state index contributed by atoms with van der Waals surface area (Å²) in [7, 11) is 3.43. The molecule has 0 saturated heterocycles. The normalized spacial score (nSPS) is 12.2. The number of rotatable bonds is 11. The van der Waals surface area contributed by atoms with E-state index in [1.165, 1.54) is 5.56 Å². The predicted molar refractivity (Wildman–Crippen MR) is 113 cm³/mol. The van der Waals surface area contributed by atoms with Crippen LogP contribution in [0.15, 0.2) is 29.3 Å². The molecule has 0 fully saturated rings. The zero-order valence-electron chi connectivity index (χ0n) is 15.7. The monoisotopic (exact) mass is 465 g/mol. The first-order valence-corrected chi connectivity index (χ1v) is 8.40. The molecule has 0 aliphatic heterocycles. The van der Waals surface area contributed by atoms with Crippen molar-refractivity contribution in [2.24, 2.45) is 4.99 Å². The van der Waals surface area contributed by atoms with Crippen molar-refractivity contribution in [3.8, 4) is 5.75 Å². The highest BCUT2D eigenvalue weighted by molar-refractivity contribution is 14.0. The fourth-order valence-electron chi connectivity index (χ4n) is 1.98. The molecule has 0 radical (unpaired) electrons. The van der Waals surface area contributed by atoms with Gasteiger partial charge in [-0.2, -0.15) is 0 Å². The standard InChI is InChI=1S/C18H31N3O3.HI/c1-15-6-8-17(9-7-15)24-16(2)14-21-18(19-3)20-10-5-11-23-13-12-22-4;/h6-9,16H,5,10-14H2,1-4H3,(H2,19,20,21);1H. The van der Waals surface area contributed by atoms with Gasteiger partial charge in [0.05, 0.1) is 19.8 Å². The van der Waals surface area contributed by atoms with Crippen molar-refractivity contribution in [3.05, 3.63) is 29.8 Å². The molecule has 2 N–H and O–H groups in total. The molecule has 1 unspecified atom stereocenters.